The molecule has 2 heterocycles. The van der Waals surface area contributed by atoms with Crippen LogP contribution in [-0.4, -0.2) is 46.1 Å². The fourth-order valence-corrected chi connectivity index (χ4v) is 5.09. The predicted octanol–water partition coefficient (Wildman–Crippen LogP) is 4.00. The maximum Gasteiger partial charge on any atom is 0.254 e. The first-order chi connectivity index (χ1) is 15.0. The van der Waals surface area contributed by atoms with Gasteiger partial charge in [0.25, 0.3) is 5.91 Å². The Balaban J connectivity index is 1.69. The topological polar surface area (TPSA) is 69.7 Å². The molecule has 0 aromatic heterocycles. The molecule has 2 aromatic rings. The van der Waals surface area contributed by atoms with Crippen molar-refractivity contribution in [3.63, 3.8) is 0 Å². The molecular formula is C25H29N3O3. The van der Waals surface area contributed by atoms with Gasteiger partial charge in [-0.25, -0.2) is 0 Å². The zero-order chi connectivity index (χ0) is 22.0. The van der Waals surface area contributed by atoms with Crippen LogP contribution in [0.3, 0.4) is 0 Å². The molecule has 6 nitrogen and oxygen atoms in total. The Kier molecular flexibility index (Phi) is 6.07. The Labute approximate surface area is 183 Å². The highest BCUT2D eigenvalue weighted by molar-refractivity contribution is 5.96. The van der Waals surface area contributed by atoms with Crippen molar-refractivity contribution in [1.29, 1.82) is 0 Å². The lowest BCUT2D eigenvalue weighted by Crippen LogP contribution is -2.47. The van der Waals surface area contributed by atoms with Crippen LogP contribution in [0.2, 0.25) is 0 Å². The molecule has 2 aliphatic heterocycles. The lowest BCUT2D eigenvalue weighted by atomic mass is 10.0. The second kappa shape index (κ2) is 8.92. The summed E-state index contributed by atoms with van der Waals surface area (Å²) in [6, 6.07) is 17.1. The molecule has 2 fully saturated rings. The molecule has 162 valence electrons. The van der Waals surface area contributed by atoms with E-state index >= 15 is 0 Å². The van der Waals surface area contributed by atoms with E-state index in [2.05, 4.69) is 17.4 Å². The molecule has 2 saturated heterocycles. The second-order valence-electron chi connectivity index (χ2n) is 8.48. The summed E-state index contributed by atoms with van der Waals surface area (Å²) in [7, 11) is 0. The van der Waals surface area contributed by atoms with E-state index < -0.39 is 0 Å². The van der Waals surface area contributed by atoms with E-state index in [0.29, 0.717) is 11.3 Å². The molecule has 0 saturated carbocycles. The third-order valence-electron chi connectivity index (χ3n) is 6.43. The Morgan fingerprint density at radius 3 is 2.26 bits per heavy atom. The van der Waals surface area contributed by atoms with Crippen molar-refractivity contribution in [2.75, 3.05) is 11.9 Å². The van der Waals surface area contributed by atoms with Gasteiger partial charge in [0.2, 0.25) is 11.8 Å². The molecule has 6 heteroatoms. The molecule has 0 unspecified atom stereocenters. The highest BCUT2D eigenvalue weighted by Crippen LogP contribution is 2.42. The van der Waals surface area contributed by atoms with Crippen molar-refractivity contribution in [3.05, 3.63) is 65.7 Å². The highest BCUT2D eigenvalue weighted by Gasteiger charge is 2.47. The van der Waals surface area contributed by atoms with Gasteiger partial charge in [0, 0.05) is 31.6 Å². The number of benzene rings is 2. The second-order valence-corrected chi connectivity index (χ2v) is 8.48. The number of rotatable bonds is 3. The Morgan fingerprint density at radius 1 is 0.903 bits per heavy atom. The van der Waals surface area contributed by atoms with Crippen LogP contribution in [0, 0.1) is 0 Å². The van der Waals surface area contributed by atoms with E-state index in [-0.39, 0.29) is 35.8 Å². The number of hydrogen-bond donors (Lipinski definition) is 1. The number of carbonyl (C=O) groups excluding carboxylic acids is 3. The summed E-state index contributed by atoms with van der Waals surface area (Å²) in [5.41, 5.74) is 2.36. The van der Waals surface area contributed by atoms with Gasteiger partial charge >= 0.3 is 0 Å². The van der Waals surface area contributed by atoms with Crippen LogP contribution in [0.15, 0.2) is 54.6 Å². The third-order valence-corrected chi connectivity index (χ3v) is 6.43. The van der Waals surface area contributed by atoms with Gasteiger partial charge < -0.3 is 15.1 Å². The van der Waals surface area contributed by atoms with E-state index in [0.717, 1.165) is 37.8 Å². The minimum atomic E-state index is -0.145. The number of hydrogen-bond acceptors (Lipinski definition) is 3. The van der Waals surface area contributed by atoms with Crippen molar-refractivity contribution < 1.29 is 14.4 Å². The predicted molar refractivity (Wildman–Crippen MR) is 120 cm³/mol. The van der Waals surface area contributed by atoms with Crippen LogP contribution in [-0.2, 0) is 9.59 Å². The SMILES string of the molecule is CC(=O)Nc1ccc(C(=O)N2[C@H](c3ccccc3)C[C@@H]3[C@@H]2CCCCN3C(C)=O)cc1. The number of amides is 3. The minimum Gasteiger partial charge on any atom is -0.338 e. The number of nitrogens with zero attached hydrogens (tertiary/aromatic N) is 2. The summed E-state index contributed by atoms with van der Waals surface area (Å²) < 4.78 is 0. The number of carbonyl (C=O) groups is 3. The molecule has 0 bridgehead atoms. The number of fused-ring (bicyclic) bond motifs is 1. The molecule has 0 aliphatic carbocycles. The van der Waals surface area contributed by atoms with Crippen LogP contribution in [0.5, 0.6) is 0 Å². The van der Waals surface area contributed by atoms with Crippen LogP contribution >= 0.6 is 0 Å². The fourth-order valence-electron chi connectivity index (χ4n) is 5.09. The van der Waals surface area contributed by atoms with Gasteiger partial charge in [-0.05, 0) is 55.5 Å². The quantitative estimate of drug-likeness (QED) is 0.818. The van der Waals surface area contributed by atoms with Crippen LogP contribution in [0.1, 0.15) is 61.5 Å². The lowest BCUT2D eigenvalue weighted by molar-refractivity contribution is -0.131. The summed E-state index contributed by atoms with van der Waals surface area (Å²) in [6.07, 6.45) is 3.62. The first-order valence-corrected chi connectivity index (χ1v) is 11.0. The van der Waals surface area contributed by atoms with E-state index in [1.807, 2.05) is 28.0 Å². The monoisotopic (exact) mass is 419 g/mol. The molecule has 1 N–H and O–H groups in total. The van der Waals surface area contributed by atoms with E-state index in [9.17, 15) is 14.4 Å². The van der Waals surface area contributed by atoms with Gasteiger partial charge in [-0.15, -0.1) is 0 Å². The average molecular weight is 420 g/mol. The van der Waals surface area contributed by atoms with Gasteiger partial charge in [-0.3, -0.25) is 14.4 Å². The van der Waals surface area contributed by atoms with Crippen LogP contribution in [0.25, 0.3) is 0 Å². The van der Waals surface area contributed by atoms with Crippen molar-refractivity contribution in [3.8, 4) is 0 Å². The summed E-state index contributed by atoms with van der Waals surface area (Å²) in [4.78, 5) is 41.4. The van der Waals surface area contributed by atoms with Gasteiger partial charge in [0.05, 0.1) is 18.1 Å². The number of nitrogens with one attached hydrogen (secondary N) is 1. The molecule has 2 aromatic carbocycles. The standard InChI is InChI=1S/C25H29N3O3/c1-17(29)26-21-13-11-20(12-14-21)25(31)28-22-10-6-7-15-27(18(2)30)24(22)16-23(28)19-8-4-3-5-9-19/h3-5,8-9,11-14,22-24H,6-7,10,15-16H2,1-2H3,(H,26,29)/t22-,23-,24+/m0/s1. The van der Waals surface area contributed by atoms with Crippen molar-refractivity contribution in [2.24, 2.45) is 0 Å². The molecule has 0 spiro atoms. The zero-order valence-electron chi connectivity index (χ0n) is 18.1. The molecule has 31 heavy (non-hydrogen) atoms. The number of likely N-dealkylation sites (tertiary alicyclic amines) is 2. The molecule has 3 atom stereocenters. The number of anilines is 1. The summed E-state index contributed by atoms with van der Waals surface area (Å²) >= 11 is 0. The van der Waals surface area contributed by atoms with Crippen molar-refractivity contribution >= 4 is 23.4 Å². The van der Waals surface area contributed by atoms with Crippen LogP contribution < -0.4 is 5.32 Å². The normalized spacial score (nSPS) is 23.1. The van der Waals surface area contributed by atoms with Gasteiger partial charge in [-0.1, -0.05) is 30.3 Å². The minimum absolute atomic E-state index is 0.000808. The Morgan fingerprint density at radius 2 is 1.61 bits per heavy atom. The Bertz CT molecular complexity index is 958. The summed E-state index contributed by atoms with van der Waals surface area (Å²) in [6.45, 7) is 3.84. The molecule has 4 rings (SSSR count). The summed E-state index contributed by atoms with van der Waals surface area (Å²) in [5.74, 6) is -0.0906. The first-order valence-electron chi connectivity index (χ1n) is 11.0. The molecule has 2 aliphatic rings. The van der Waals surface area contributed by atoms with E-state index in [1.165, 1.54) is 6.92 Å². The van der Waals surface area contributed by atoms with Crippen molar-refractivity contribution in [2.45, 2.75) is 57.7 Å². The first kappa shape index (κ1) is 21.1. The zero-order valence-corrected chi connectivity index (χ0v) is 18.1. The maximum absolute atomic E-state index is 13.7. The average Bonchev–Trinajstić information content (AvgIpc) is 3.00. The lowest BCUT2D eigenvalue weighted by Gasteiger charge is -2.33. The highest BCUT2D eigenvalue weighted by atomic mass is 16.2. The van der Waals surface area contributed by atoms with Gasteiger partial charge in [0.1, 0.15) is 0 Å². The summed E-state index contributed by atoms with van der Waals surface area (Å²) in [5, 5.41) is 2.74. The maximum atomic E-state index is 13.7. The smallest absolute Gasteiger partial charge is 0.254 e. The van der Waals surface area contributed by atoms with Crippen molar-refractivity contribution in [1.82, 2.24) is 9.80 Å². The molecular weight excluding hydrogens is 390 g/mol. The van der Waals surface area contributed by atoms with Crippen LogP contribution in [0.4, 0.5) is 5.69 Å². The van der Waals surface area contributed by atoms with Gasteiger partial charge in [0.15, 0.2) is 0 Å². The third kappa shape index (κ3) is 4.33. The molecule has 3 amide bonds. The molecule has 0 radical (unpaired) electrons. The fraction of sp³-hybridized carbons (Fsp3) is 0.400. The van der Waals surface area contributed by atoms with Gasteiger partial charge in [-0.2, -0.15) is 0 Å². The largest absolute Gasteiger partial charge is 0.338 e. The Hall–Kier alpha value is -3.15. The van der Waals surface area contributed by atoms with E-state index in [1.54, 1.807) is 31.2 Å². The van der Waals surface area contributed by atoms with E-state index in [4.69, 9.17) is 0 Å².